The van der Waals surface area contributed by atoms with Gasteiger partial charge in [0.15, 0.2) is 0 Å². The Bertz CT molecular complexity index is 583. The molecule has 0 amide bonds. The second-order valence-electron chi connectivity index (χ2n) is 4.93. The molecule has 0 bridgehead atoms. The van der Waals surface area contributed by atoms with Crippen molar-refractivity contribution in [1.82, 2.24) is 5.32 Å². The average Bonchev–Trinajstić information content (AvgIpc) is 2.46. The van der Waals surface area contributed by atoms with E-state index in [-0.39, 0.29) is 18.5 Å². The third-order valence-corrected chi connectivity index (χ3v) is 3.41. The maximum Gasteiger partial charge on any atom is 0.129 e. The largest absolute Gasteiger partial charge is 0.488 e. The molecule has 0 heterocycles. The van der Waals surface area contributed by atoms with Gasteiger partial charge in [0.05, 0.1) is 0 Å². The first kappa shape index (κ1) is 14.5. The van der Waals surface area contributed by atoms with Gasteiger partial charge in [-0.05, 0) is 33.0 Å². The summed E-state index contributed by atoms with van der Waals surface area (Å²) >= 11 is 0. The highest BCUT2D eigenvalue weighted by Crippen LogP contribution is 2.27. The van der Waals surface area contributed by atoms with Crippen LogP contribution in [0, 0.1) is 12.7 Å². The van der Waals surface area contributed by atoms with E-state index in [1.807, 2.05) is 32.2 Å². The molecule has 1 N–H and O–H groups in total. The second kappa shape index (κ2) is 6.53. The van der Waals surface area contributed by atoms with Crippen molar-refractivity contribution in [3.05, 3.63) is 65.0 Å². The topological polar surface area (TPSA) is 21.3 Å². The Morgan fingerprint density at radius 3 is 2.65 bits per heavy atom. The van der Waals surface area contributed by atoms with Crippen molar-refractivity contribution in [3.8, 4) is 5.75 Å². The number of nitrogens with one attached hydrogen (secondary N) is 1. The number of hydrogen-bond acceptors (Lipinski definition) is 2. The number of benzene rings is 2. The summed E-state index contributed by atoms with van der Waals surface area (Å²) in [5.41, 5.74) is 2.83. The molecule has 0 aliphatic rings. The van der Waals surface area contributed by atoms with Gasteiger partial charge in [-0.3, -0.25) is 0 Å². The fraction of sp³-hybridized carbons (Fsp3) is 0.294. The molecular weight excluding hydrogens is 253 g/mol. The van der Waals surface area contributed by atoms with Gasteiger partial charge in [0.25, 0.3) is 0 Å². The van der Waals surface area contributed by atoms with Crippen molar-refractivity contribution >= 4 is 0 Å². The predicted molar refractivity (Wildman–Crippen MR) is 79.4 cm³/mol. The van der Waals surface area contributed by atoms with Gasteiger partial charge < -0.3 is 10.1 Å². The number of rotatable bonds is 5. The van der Waals surface area contributed by atoms with Crippen molar-refractivity contribution in [2.75, 3.05) is 7.05 Å². The Morgan fingerprint density at radius 2 is 1.95 bits per heavy atom. The Morgan fingerprint density at radius 1 is 1.20 bits per heavy atom. The molecule has 2 nitrogen and oxygen atoms in total. The van der Waals surface area contributed by atoms with Crippen molar-refractivity contribution in [2.45, 2.75) is 26.5 Å². The lowest BCUT2D eigenvalue weighted by molar-refractivity contribution is 0.294. The van der Waals surface area contributed by atoms with E-state index >= 15 is 0 Å². The molecule has 2 rings (SSSR count). The van der Waals surface area contributed by atoms with E-state index in [9.17, 15) is 4.39 Å². The molecule has 0 saturated heterocycles. The maximum atomic E-state index is 13.6. The van der Waals surface area contributed by atoms with Gasteiger partial charge in [0.2, 0.25) is 0 Å². The molecule has 1 atom stereocenters. The molecule has 0 radical (unpaired) electrons. The summed E-state index contributed by atoms with van der Waals surface area (Å²) in [6.07, 6.45) is 0. The van der Waals surface area contributed by atoms with Gasteiger partial charge in [-0.15, -0.1) is 0 Å². The SMILES string of the molecule is CNC(C)c1cc(C)ccc1OCc1ccccc1F. The van der Waals surface area contributed by atoms with Gasteiger partial charge in [-0.25, -0.2) is 4.39 Å². The lowest BCUT2D eigenvalue weighted by atomic mass is 10.0. The monoisotopic (exact) mass is 273 g/mol. The molecule has 0 saturated carbocycles. The van der Waals surface area contributed by atoms with Crippen LogP contribution in [0.4, 0.5) is 4.39 Å². The molecule has 0 aliphatic heterocycles. The van der Waals surface area contributed by atoms with E-state index in [0.29, 0.717) is 5.56 Å². The zero-order chi connectivity index (χ0) is 14.5. The van der Waals surface area contributed by atoms with E-state index < -0.39 is 0 Å². The second-order valence-corrected chi connectivity index (χ2v) is 4.93. The summed E-state index contributed by atoms with van der Waals surface area (Å²) < 4.78 is 19.4. The summed E-state index contributed by atoms with van der Waals surface area (Å²) in [7, 11) is 1.91. The molecule has 0 aromatic heterocycles. The maximum absolute atomic E-state index is 13.6. The quantitative estimate of drug-likeness (QED) is 0.889. The molecule has 2 aromatic rings. The van der Waals surface area contributed by atoms with Crippen LogP contribution in [-0.4, -0.2) is 7.05 Å². The Labute approximate surface area is 119 Å². The van der Waals surface area contributed by atoms with Gasteiger partial charge >= 0.3 is 0 Å². The molecule has 106 valence electrons. The van der Waals surface area contributed by atoms with Crippen molar-refractivity contribution in [1.29, 1.82) is 0 Å². The first-order valence-electron chi connectivity index (χ1n) is 6.76. The van der Waals surface area contributed by atoms with Crippen LogP contribution in [0.2, 0.25) is 0 Å². The van der Waals surface area contributed by atoms with Gasteiger partial charge in [0, 0.05) is 17.2 Å². The third kappa shape index (κ3) is 3.36. The van der Waals surface area contributed by atoms with Crippen LogP contribution >= 0.6 is 0 Å². The lowest BCUT2D eigenvalue weighted by Crippen LogP contribution is -2.14. The van der Waals surface area contributed by atoms with Crippen molar-refractivity contribution in [2.24, 2.45) is 0 Å². The molecule has 1 unspecified atom stereocenters. The predicted octanol–water partition coefficient (Wildman–Crippen LogP) is 3.99. The Hall–Kier alpha value is -1.87. The van der Waals surface area contributed by atoms with Crippen LogP contribution in [0.5, 0.6) is 5.75 Å². The first-order valence-corrected chi connectivity index (χ1v) is 6.76. The minimum Gasteiger partial charge on any atom is -0.488 e. The minimum absolute atomic E-state index is 0.186. The molecule has 3 heteroatoms. The van der Waals surface area contributed by atoms with Crippen molar-refractivity contribution in [3.63, 3.8) is 0 Å². The van der Waals surface area contributed by atoms with E-state index in [2.05, 4.69) is 18.3 Å². The number of aryl methyl sites for hydroxylation is 1. The van der Waals surface area contributed by atoms with Crippen LogP contribution < -0.4 is 10.1 Å². The van der Waals surface area contributed by atoms with E-state index in [1.54, 1.807) is 12.1 Å². The van der Waals surface area contributed by atoms with Crippen LogP contribution in [-0.2, 0) is 6.61 Å². The van der Waals surface area contributed by atoms with Gasteiger partial charge in [-0.1, -0.05) is 35.9 Å². The number of hydrogen-bond donors (Lipinski definition) is 1. The zero-order valence-corrected chi connectivity index (χ0v) is 12.1. The van der Waals surface area contributed by atoms with Gasteiger partial charge in [0.1, 0.15) is 18.2 Å². The molecule has 0 fully saturated rings. The molecule has 0 spiro atoms. The molecule has 2 aromatic carbocycles. The van der Waals surface area contributed by atoms with E-state index in [4.69, 9.17) is 4.74 Å². The van der Waals surface area contributed by atoms with E-state index in [1.165, 1.54) is 11.6 Å². The average molecular weight is 273 g/mol. The zero-order valence-electron chi connectivity index (χ0n) is 12.1. The molecular formula is C17H20FNO. The summed E-state index contributed by atoms with van der Waals surface area (Å²) in [4.78, 5) is 0. The summed E-state index contributed by atoms with van der Waals surface area (Å²) in [6, 6.07) is 12.9. The Kier molecular flexibility index (Phi) is 4.74. The first-order chi connectivity index (χ1) is 9.61. The third-order valence-electron chi connectivity index (χ3n) is 3.41. The fourth-order valence-electron chi connectivity index (χ4n) is 2.06. The highest BCUT2D eigenvalue weighted by Gasteiger charge is 2.11. The summed E-state index contributed by atoms with van der Waals surface area (Å²) in [5.74, 6) is 0.559. The Balaban J connectivity index is 2.19. The highest BCUT2D eigenvalue weighted by molar-refractivity contribution is 5.39. The smallest absolute Gasteiger partial charge is 0.129 e. The minimum atomic E-state index is -0.233. The highest BCUT2D eigenvalue weighted by atomic mass is 19.1. The van der Waals surface area contributed by atoms with Crippen LogP contribution in [0.25, 0.3) is 0 Å². The number of ether oxygens (including phenoxy) is 1. The van der Waals surface area contributed by atoms with Crippen LogP contribution in [0.1, 0.15) is 29.7 Å². The molecule has 0 aliphatic carbocycles. The van der Waals surface area contributed by atoms with Crippen molar-refractivity contribution < 1.29 is 9.13 Å². The normalized spacial score (nSPS) is 12.2. The fourth-order valence-corrected chi connectivity index (χ4v) is 2.06. The summed E-state index contributed by atoms with van der Waals surface area (Å²) in [6.45, 7) is 4.36. The summed E-state index contributed by atoms with van der Waals surface area (Å²) in [5, 5.41) is 3.20. The van der Waals surface area contributed by atoms with Crippen LogP contribution in [0.3, 0.4) is 0 Å². The molecule has 20 heavy (non-hydrogen) atoms. The lowest BCUT2D eigenvalue weighted by Gasteiger charge is -2.17. The standard InChI is InChI=1S/C17H20FNO/c1-12-8-9-17(15(10-12)13(2)19-3)20-11-14-6-4-5-7-16(14)18/h4-10,13,19H,11H2,1-3H3. The van der Waals surface area contributed by atoms with E-state index in [0.717, 1.165) is 11.3 Å². The number of halogens is 1. The van der Waals surface area contributed by atoms with Gasteiger partial charge in [-0.2, -0.15) is 0 Å². The van der Waals surface area contributed by atoms with Crippen LogP contribution in [0.15, 0.2) is 42.5 Å².